The van der Waals surface area contributed by atoms with Gasteiger partial charge in [-0.05, 0) is 29.8 Å². The molecule has 0 aliphatic carbocycles. The van der Waals surface area contributed by atoms with Crippen molar-refractivity contribution in [2.24, 2.45) is 4.99 Å². The van der Waals surface area contributed by atoms with Crippen LogP contribution in [0.1, 0.15) is 21.5 Å². The van der Waals surface area contributed by atoms with E-state index in [2.05, 4.69) is 4.99 Å². The molecule has 0 bridgehead atoms. The van der Waals surface area contributed by atoms with E-state index in [0.29, 0.717) is 11.3 Å². The highest BCUT2D eigenvalue weighted by Crippen LogP contribution is 2.35. The van der Waals surface area contributed by atoms with Crippen LogP contribution in [0.25, 0.3) is 6.08 Å². The number of nitrogens with zero attached hydrogens (tertiary/aromatic N) is 2. The van der Waals surface area contributed by atoms with Crippen molar-refractivity contribution in [1.29, 1.82) is 0 Å². The number of anilines is 1. The summed E-state index contributed by atoms with van der Waals surface area (Å²) in [4.78, 5) is 31.3. The smallest absolute Gasteiger partial charge is 0.293 e. The number of alkyl halides is 3. The Morgan fingerprint density at radius 1 is 0.909 bits per heavy atom. The summed E-state index contributed by atoms with van der Waals surface area (Å²) in [5.74, 6) is -0.692. The minimum atomic E-state index is -4.57. The lowest BCUT2D eigenvalue weighted by Crippen LogP contribution is -2.30. The summed E-state index contributed by atoms with van der Waals surface area (Å²) < 4.78 is 40.2. The Morgan fingerprint density at radius 3 is 2.18 bits per heavy atom. The van der Waals surface area contributed by atoms with Crippen LogP contribution in [0.5, 0.6) is 0 Å². The molecule has 4 nitrogen and oxygen atoms in total. The number of amidine groups is 1. The van der Waals surface area contributed by atoms with Gasteiger partial charge in [-0.25, -0.2) is 4.99 Å². The molecule has 166 valence electrons. The summed E-state index contributed by atoms with van der Waals surface area (Å²) in [7, 11) is 0. The van der Waals surface area contributed by atoms with Crippen LogP contribution in [0.15, 0.2) is 95.6 Å². The van der Waals surface area contributed by atoms with E-state index < -0.39 is 17.6 Å². The first-order chi connectivity index (χ1) is 15.8. The first-order valence-corrected chi connectivity index (χ1v) is 10.9. The van der Waals surface area contributed by atoms with Crippen molar-refractivity contribution < 1.29 is 22.8 Å². The van der Waals surface area contributed by atoms with Crippen molar-refractivity contribution in [2.75, 3.05) is 10.7 Å². The largest absolute Gasteiger partial charge is 0.416 e. The second-order valence-electron chi connectivity index (χ2n) is 7.06. The Kier molecular flexibility index (Phi) is 6.46. The van der Waals surface area contributed by atoms with Gasteiger partial charge in [-0.3, -0.25) is 14.5 Å². The first-order valence-electron chi connectivity index (χ1n) is 9.92. The lowest BCUT2D eigenvalue weighted by molar-refractivity contribution is -0.137. The third-order valence-corrected chi connectivity index (χ3v) is 5.77. The van der Waals surface area contributed by atoms with Gasteiger partial charge >= 0.3 is 6.18 Å². The monoisotopic (exact) mass is 466 g/mol. The summed E-state index contributed by atoms with van der Waals surface area (Å²) in [6, 6.07) is 22.3. The number of Topliss-reactive ketones (excluding diaryl/α,β-unsaturated/α-hetero) is 1. The summed E-state index contributed by atoms with van der Waals surface area (Å²) in [6.45, 7) is 0. The maximum absolute atomic E-state index is 13.4. The van der Waals surface area contributed by atoms with Crippen LogP contribution < -0.4 is 4.90 Å². The molecular weight excluding hydrogens is 449 g/mol. The maximum atomic E-state index is 13.4. The molecule has 0 unspecified atom stereocenters. The Bertz CT molecular complexity index is 1240. The fourth-order valence-electron chi connectivity index (χ4n) is 3.26. The number of rotatable bonds is 5. The number of ketones is 1. The van der Waals surface area contributed by atoms with Crippen LogP contribution in [0.2, 0.25) is 0 Å². The first kappa shape index (κ1) is 22.5. The van der Waals surface area contributed by atoms with Crippen LogP contribution in [0, 0.1) is 0 Å². The zero-order chi connectivity index (χ0) is 23.4. The molecule has 0 atom stereocenters. The molecule has 0 saturated heterocycles. The number of carbonyl (C=O) groups is 2. The van der Waals surface area contributed by atoms with Crippen molar-refractivity contribution in [3.63, 3.8) is 0 Å². The molecule has 0 spiro atoms. The van der Waals surface area contributed by atoms with Crippen molar-refractivity contribution in [3.05, 3.63) is 107 Å². The molecule has 0 N–H and O–H groups in total. The fourth-order valence-corrected chi connectivity index (χ4v) is 4.17. The van der Waals surface area contributed by atoms with E-state index in [-0.39, 0.29) is 28.0 Å². The lowest BCUT2D eigenvalue weighted by atomic mass is 10.1. The lowest BCUT2D eigenvalue weighted by Gasteiger charge is -2.17. The third kappa shape index (κ3) is 5.06. The molecule has 0 radical (unpaired) electrons. The molecule has 33 heavy (non-hydrogen) atoms. The van der Waals surface area contributed by atoms with Crippen molar-refractivity contribution in [2.45, 2.75) is 6.18 Å². The molecule has 4 rings (SSSR count). The van der Waals surface area contributed by atoms with Gasteiger partial charge < -0.3 is 0 Å². The predicted octanol–water partition coefficient (Wildman–Crippen LogP) is 6.07. The minimum absolute atomic E-state index is 0.0197. The molecule has 3 aromatic rings. The number of carbonyl (C=O) groups excluding carboxylic acids is 2. The van der Waals surface area contributed by atoms with Gasteiger partial charge in [0.2, 0.25) is 0 Å². The quantitative estimate of drug-likeness (QED) is 0.339. The Labute approximate surface area is 192 Å². The van der Waals surface area contributed by atoms with E-state index in [1.807, 2.05) is 0 Å². The van der Waals surface area contributed by atoms with E-state index in [1.54, 1.807) is 60.7 Å². The summed E-state index contributed by atoms with van der Waals surface area (Å²) in [6.07, 6.45) is -3.44. The molecule has 1 aliphatic heterocycles. The standard InChI is InChI=1S/C25H17F3N2O2S/c26-25(27,28)20-14-8-7-11-18(20)15-21-23(32)30(19-12-5-2-6-13-19)24(29-21)33-16-22(31)17-9-3-1-4-10-17/h1-15H,16H2/b21-15-. The number of thioether (sulfide) groups is 1. The highest BCUT2D eigenvalue weighted by atomic mass is 32.2. The number of amides is 1. The summed E-state index contributed by atoms with van der Waals surface area (Å²) >= 11 is 1.06. The van der Waals surface area contributed by atoms with E-state index in [4.69, 9.17) is 0 Å². The molecule has 0 saturated carbocycles. The highest BCUT2D eigenvalue weighted by molar-refractivity contribution is 8.14. The molecule has 1 amide bonds. The number of aliphatic imine (C=N–C) groups is 1. The van der Waals surface area contributed by atoms with Gasteiger partial charge in [-0.2, -0.15) is 13.2 Å². The van der Waals surface area contributed by atoms with E-state index in [1.165, 1.54) is 23.1 Å². The van der Waals surface area contributed by atoms with Crippen LogP contribution in [0.3, 0.4) is 0 Å². The van der Waals surface area contributed by atoms with E-state index in [9.17, 15) is 22.8 Å². The predicted molar refractivity (Wildman–Crippen MR) is 124 cm³/mol. The molecule has 0 aromatic heterocycles. The Balaban J connectivity index is 1.68. The van der Waals surface area contributed by atoms with Gasteiger partial charge in [0.05, 0.1) is 17.0 Å². The molecule has 8 heteroatoms. The minimum Gasteiger partial charge on any atom is -0.293 e. The average Bonchev–Trinajstić information content (AvgIpc) is 3.13. The average molecular weight is 466 g/mol. The second kappa shape index (κ2) is 9.46. The SMILES string of the molecule is O=C(CSC1=N/C(=C\c2ccccc2C(F)(F)F)C(=O)N1c1ccccc1)c1ccccc1. The van der Waals surface area contributed by atoms with Crippen LogP contribution in [-0.2, 0) is 11.0 Å². The highest BCUT2D eigenvalue weighted by Gasteiger charge is 2.35. The van der Waals surface area contributed by atoms with Gasteiger partial charge in [-0.15, -0.1) is 0 Å². The Hall–Kier alpha value is -3.65. The Morgan fingerprint density at radius 2 is 1.52 bits per heavy atom. The molecule has 3 aromatic carbocycles. The van der Waals surface area contributed by atoms with Crippen LogP contribution in [-0.4, -0.2) is 22.6 Å². The normalized spacial score (nSPS) is 15.1. The van der Waals surface area contributed by atoms with E-state index in [0.717, 1.165) is 23.9 Å². The maximum Gasteiger partial charge on any atom is 0.416 e. The molecule has 1 heterocycles. The van der Waals surface area contributed by atoms with Gasteiger partial charge in [0.15, 0.2) is 11.0 Å². The summed E-state index contributed by atoms with van der Waals surface area (Å²) in [5.41, 5.74) is -0.112. The van der Waals surface area contributed by atoms with Crippen molar-refractivity contribution in [1.82, 2.24) is 0 Å². The number of para-hydroxylation sites is 1. The molecular formula is C25H17F3N2O2S. The molecule has 0 fully saturated rings. The molecule has 1 aliphatic rings. The van der Waals surface area contributed by atoms with E-state index >= 15 is 0 Å². The van der Waals surface area contributed by atoms with Gasteiger partial charge in [0.1, 0.15) is 5.70 Å². The summed E-state index contributed by atoms with van der Waals surface area (Å²) in [5, 5.41) is 0.228. The number of hydrogen-bond acceptors (Lipinski definition) is 4. The number of halogens is 3. The van der Waals surface area contributed by atoms with Crippen LogP contribution in [0.4, 0.5) is 18.9 Å². The van der Waals surface area contributed by atoms with Crippen LogP contribution >= 0.6 is 11.8 Å². The zero-order valence-electron chi connectivity index (χ0n) is 17.1. The second-order valence-corrected chi connectivity index (χ2v) is 8.01. The topological polar surface area (TPSA) is 49.7 Å². The number of benzene rings is 3. The van der Waals surface area contributed by atoms with Gasteiger partial charge in [0, 0.05) is 5.56 Å². The van der Waals surface area contributed by atoms with Gasteiger partial charge in [-0.1, -0.05) is 78.5 Å². The van der Waals surface area contributed by atoms with Gasteiger partial charge in [0.25, 0.3) is 5.91 Å². The van der Waals surface area contributed by atoms with Crippen molar-refractivity contribution >= 4 is 40.4 Å². The zero-order valence-corrected chi connectivity index (χ0v) is 17.9. The number of hydrogen-bond donors (Lipinski definition) is 0. The fraction of sp³-hybridized carbons (Fsp3) is 0.0800. The van der Waals surface area contributed by atoms with Crippen molar-refractivity contribution in [3.8, 4) is 0 Å². The third-order valence-electron chi connectivity index (χ3n) is 4.83.